The molecule has 0 aliphatic heterocycles. The smallest absolute Gasteiger partial charge is 0.308 e. The molecule has 1 fully saturated rings. The molecule has 0 atom stereocenters. The maximum absolute atomic E-state index is 11.4. The minimum absolute atomic E-state index is 0.0668. The maximum atomic E-state index is 11.4. The Morgan fingerprint density at radius 1 is 1.11 bits per heavy atom. The van der Waals surface area contributed by atoms with Gasteiger partial charge < -0.3 is 14.8 Å². The van der Waals surface area contributed by atoms with Gasteiger partial charge in [0.2, 0.25) is 0 Å². The van der Waals surface area contributed by atoms with E-state index in [-0.39, 0.29) is 11.9 Å². The molecule has 0 spiro atoms. The molecule has 1 aromatic carbocycles. The first-order chi connectivity index (χ1) is 9.22. The topological polar surface area (TPSA) is 47.6 Å². The average molecular weight is 263 g/mol. The second-order valence-electron chi connectivity index (χ2n) is 4.94. The third-order valence-corrected chi connectivity index (χ3v) is 3.72. The molecule has 19 heavy (non-hydrogen) atoms. The number of hydrogen-bond acceptors (Lipinski definition) is 4. The van der Waals surface area contributed by atoms with Crippen LogP contribution < -0.4 is 10.1 Å². The molecule has 2 rings (SSSR count). The zero-order chi connectivity index (χ0) is 13.7. The minimum atomic E-state index is -0.0668. The number of rotatable bonds is 4. The molecule has 1 aliphatic rings. The van der Waals surface area contributed by atoms with Crippen LogP contribution in [0.15, 0.2) is 24.3 Å². The Labute approximate surface area is 114 Å². The molecule has 104 valence electrons. The third kappa shape index (κ3) is 3.63. The van der Waals surface area contributed by atoms with Gasteiger partial charge in [0.25, 0.3) is 0 Å². The van der Waals surface area contributed by atoms with Crippen LogP contribution in [0.2, 0.25) is 0 Å². The highest BCUT2D eigenvalue weighted by molar-refractivity contribution is 5.72. The van der Waals surface area contributed by atoms with Crippen LogP contribution in [-0.2, 0) is 9.53 Å². The molecule has 1 aromatic rings. The van der Waals surface area contributed by atoms with Gasteiger partial charge in [-0.1, -0.05) is 0 Å². The zero-order valence-electron chi connectivity index (χ0n) is 11.5. The summed E-state index contributed by atoms with van der Waals surface area (Å²) >= 11 is 0. The van der Waals surface area contributed by atoms with E-state index < -0.39 is 0 Å². The predicted molar refractivity (Wildman–Crippen MR) is 74.4 cm³/mol. The van der Waals surface area contributed by atoms with E-state index >= 15 is 0 Å². The van der Waals surface area contributed by atoms with E-state index in [4.69, 9.17) is 9.47 Å². The van der Waals surface area contributed by atoms with Gasteiger partial charge in [-0.2, -0.15) is 0 Å². The first-order valence-electron chi connectivity index (χ1n) is 6.71. The van der Waals surface area contributed by atoms with E-state index in [1.165, 1.54) is 7.11 Å². The molecular formula is C15H21NO3. The molecule has 1 saturated carbocycles. The Morgan fingerprint density at radius 2 is 1.74 bits per heavy atom. The van der Waals surface area contributed by atoms with Crippen molar-refractivity contribution in [2.24, 2.45) is 5.92 Å². The predicted octanol–water partition coefficient (Wildman–Crippen LogP) is 2.84. The van der Waals surface area contributed by atoms with E-state index in [2.05, 4.69) is 5.32 Å². The van der Waals surface area contributed by atoms with E-state index in [0.717, 1.165) is 37.1 Å². The lowest BCUT2D eigenvalue weighted by molar-refractivity contribution is -0.146. The first-order valence-corrected chi connectivity index (χ1v) is 6.71. The van der Waals surface area contributed by atoms with Gasteiger partial charge in [-0.3, -0.25) is 4.79 Å². The van der Waals surface area contributed by atoms with Crippen molar-refractivity contribution in [2.45, 2.75) is 31.7 Å². The second kappa shape index (κ2) is 6.45. The average Bonchev–Trinajstić information content (AvgIpc) is 2.48. The standard InChI is InChI=1S/C15H21NO3/c1-18-14-9-7-13(8-10-14)16-12-5-3-11(4-6-12)15(17)19-2/h7-12,16H,3-6H2,1-2H3. The maximum Gasteiger partial charge on any atom is 0.308 e. The monoisotopic (exact) mass is 263 g/mol. The Bertz CT molecular complexity index is 408. The van der Waals surface area contributed by atoms with Crippen molar-refractivity contribution in [1.29, 1.82) is 0 Å². The lowest BCUT2D eigenvalue weighted by atomic mass is 9.86. The number of methoxy groups -OCH3 is 2. The fourth-order valence-electron chi connectivity index (χ4n) is 2.56. The summed E-state index contributed by atoms with van der Waals surface area (Å²) in [5.74, 6) is 0.877. The Morgan fingerprint density at radius 3 is 2.26 bits per heavy atom. The summed E-state index contributed by atoms with van der Waals surface area (Å²) in [6.07, 6.45) is 3.82. The number of benzene rings is 1. The molecule has 1 N–H and O–H groups in total. The van der Waals surface area contributed by atoms with Gasteiger partial charge in [-0.05, 0) is 49.9 Å². The largest absolute Gasteiger partial charge is 0.497 e. The van der Waals surface area contributed by atoms with Gasteiger partial charge in [-0.25, -0.2) is 0 Å². The molecule has 0 heterocycles. The number of anilines is 1. The van der Waals surface area contributed by atoms with Gasteiger partial charge in [-0.15, -0.1) is 0 Å². The molecule has 4 nitrogen and oxygen atoms in total. The molecule has 0 amide bonds. The van der Waals surface area contributed by atoms with Crippen LogP contribution in [0.25, 0.3) is 0 Å². The summed E-state index contributed by atoms with van der Waals surface area (Å²) in [7, 11) is 3.13. The summed E-state index contributed by atoms with van der Waals surface area (Å²) in [4.78, 5) is 11.4. The van der Waals surface area contributed by atoms with E-state index in [1.54, 1.807) is 7.11 Å². The van der Waals surface area contributed by atoms with Crippen LogP contribution in [-0.4, -0.2) is 26.2 Å². The van der Waals surface area contributed by atoms with Gasteiger partial charge in [0.1, 0.15) is 5.75 Å². The SMILES string of the molecule is COC(=O)C1CCC(Nc2ccc(OC)cc2)CC1. The van der Waals surface area contributed by atoms with Crippen LogP contribution in [0.5, 0.6) is 5.75 Å². The van der Waals surface area contributed by atoms with Crippen molar-refractivity contribution in [3.63, 3.8) is 0 Å². The molecule has 0 bridgehead atoms. The number of carbonyl (C=O) groups excluding carboxylic acids is 1. The van der Waals surface area contributed by atoms with E-state index in [9.17, 15) is 4.79 Å². The van der Waals surface area contributed by atoms with Crippen molar-refractivity contribution < 1.29 is 14.3 Å². The third-order valence-electron chi connectivity index (χ3n) is 3.72. The number of ether oxygens (including phenoxy) is 2. The number of esters is 1. The zero-order valence-corrected chi connectivity index (χ0v) is 11.5. The van der Waals surface area contributed by atoms with E-state index in [0.29, 0.717) is 6.04 Å². The fourth-order valence-corrected chi connectivity index (χ4v) is 2.56. The number of carbonyl (C=O) groups is 1. The van der Waals surface area contributed by atoms with Crippen LogP contribution in [0.4, 0.5) is 5.69 Å². The van der Waals surface area contributed by atoms with Gasteiger partial charge in [0.05, 0.1) is 20.1 Å². The Balaban J connectivity index is 1.83. The summed E-state index contributed by atoms with van der Waals surface area (Å²) in [5, 5.41) is 3.50. The highest BCUT2D eigenvalue weighted by Gasteiger charge is 2.26. The summed E-state index contributed by atoms with van der Waals surface area (Å²) < 4.78 is 9.93. The first kappa shape index (κ1) is 13.7. The van der Waals surface area contributed by atoms with Crippen LogP contribution in [0.3, 0.4) is 0 Å². The lowest BCUT2D eigenvalue weighted by Crippen LogP contribution is -2.29. The van der Waals surface area contributed by atoms with Crippen LogP contribution in [0.1, 0.15) is 25.7 Å². The summed E-state index contributed by atoms with van der Waals surface area (Å²) in [6, 6.07) is 8.37. The number of hydrogen-bond donors (Lipinski definition) is 1. The normalized spacial score (nSPS) is 22.6. The highest BCUT2D eigenvalue weighted by atomic mass is 16.5. The quantitative estimate of drug-likeness (QED) is 0.849. The molecule has 0 radical (unpaired) electrons. The van der Waals surface area contributed by atoms with Gasteiger partial charge in [0.15, 0.2) is 0 Å². The second-order valence-corrected chi connectivity index (χ2v) is 4.94. The van der Waals surface area contributed by atoms with Crippen molar-refractivity contribution in [1.82, 2.24) is 0 Å². The lowest BCUT2D eigenvalue weighted by Gasteiger charge is -2.28. The van der Waals surface area contributed by atoms with Crippen molar-refractivity contribution >= 4 is 11.7 Å². The van der Waals surface area contributed by atoms with Crippen molar-refractivity contribution in [2.75, 3.05) is 19.5 Å². The van der Waals surface area contributed by atoms with Crippen molar-refractivity contribution in [3.05, 3.63) is 24.3 Å². The highest BCUT2D eigenvalue weighted by Crippen LogP contribution is 2.27. The summed E-state index contributed by atoms with van der Waals surface area (Å²) in [6.45, 7) is 0. The molecule has 1 aliphatic carbocycles. The fraction of sp³-hybridized carbons (Fsp3) is 0.533. The summed E-state index contributed by atoms with van der Waals surface area (Å²) in [5.41, 5.74) is 1.10. The van der Waals surface area contributed by atoms with Crippen LogP contribution in [0, 0.1) is 5.92 Å². The molecule has 0 unspecified atom stereocenters. The molecule has 0 saturated heterocycles. The van der Waals surface area contributed by atoms with Gasteiger partial charge in [0, 0.05) is 11.7 Å². The molecular weight excluding hydrogens is 242 g/mol. The number of nitrogens with one attached hydrogen (secondary N) is 1. The Kier molecular flexibility index (Phi) is 4.66. The molecule has 0 aromatic heterocycles. The Hall–Kier alpha value is -1.71. The van der Waals surface area contributed by atoms with Crippen molar-refractivity contribution in [3.8, 4) is 5.75 Å². The van der Waals surface area contributed by atoms with E-state index in [1.807, 2.05) is 24.3 Å². The minimum Gasteiger partial charge on any atom is -0.497 e. The van der Waals surface area contributed by atoms with Gasteiger partial charge >= 0.3 is 5.97 Å². The van der Waals surface area contributed by atoms with Crippen LogP contribution >= 0.6 is 0 Å². The molecule has 4 heteroatoms.